The summed E-state index contributed by atoms with van der Waals surface area (Å²) in [6.45, 7) is 4.70. The first kappa shape index (κ1) is 11.4. The highest BCUT2D eigenvalue weighted by molar-refractivity contribution is 6.35. The van der Waals surface area contributed by atoms with Crippen molar-refractivity contribution in [3.63, 3.8) is 0 Å². The second kappa shape index (κ2) is 4.85. The Morgan fingerprint density at radius 1 is 1.38 bits per heavy atom. The lowest BCUT2D eigenvalue weighted by Gasteiger charge is -2.13. The Labute approximate surface area is 104 Å². The maximum absolute atomic E-state index is 6.09. The lowest BCUT2D eigenvalue weighted by Crippen LogP contribution is -2.07. The predicted octanol–water partition coefficient (Wildman–Crippen LogP) is 3.20. The molecule has 0 amide bonds. The molecule has 0 aliphatic rings. The summed E-state index contributed by atoms with van der Waals surface area (Å²) in [5, 5.41) is 5.28. The van der Waals surface area contributed by atoms with Crippen molar-refractivity contribution in [2.75, 3.05) is 0 Å². The van der Waals surface area contributed by atoms with Crippen molar-refractivity contribution in [2.45, 2.75) is 12.5 Å². The molecule has 0 bridgehead atoms. The molecule has 2 rings (SSSR count). The van der Waals surface area contributed by atoms with Gasteiger partial charge in [-0.15, -0.1) is 0 Å². The van der Waals surface area contributed by atoms with Gasteiger partial charge < -0.3 is 0 Å². The second-order valence-corrected chi connectivity index (χ2v) is 4.32. The Hall–Kier alpha value is -1.06. The SMILES string of the molecule is [CH2]C(Cn1cncn1)c1ccc(Cl)cc1Cl. The maximum atomic E-state index is 6.09. The quantitative estimate of drug-likeness (QED) is 0.843. The van der Waals surface area contributed by atoms with Crippen LogP contribution in [0.2, 0.25) is 10.0 Å². The van der Waals surface area contributed by atoms with Crippen molar-refractivity contribution >= 4 is 23.2 Å². The van der Waals surface area contributed by atoms with Crippen molar-refractivity contribution in [2.24, 2.45) is 0 Å². The minimum Gasteiger partial charge on any atom is -0.252 e. The smallest absolute Gasteiger partial charge is 0.137 e. The van der Waals surface area contributed by atoms with Crippen molar-refractivity contribution in [1.82, 2.24) is 14.8 Å². The van der Waals surface area contributed by atoms with Gasteiger partial charge >= 0.3 is 0 Å². The molecule has 0 spiro atoms. The lowest BCUT2D eigenvalue weighted by atomic mass is 10.0. The summed E-state index contributed by atoms with van der Waals surface area (Å²) in [7, 11) is 0. The summed E-state index contributed by atoms with van der Waals surface area (Å²) in [5.74, 6) is 0.0199. The van der Waals surface area contributed by atoms with Crippen molar-refractivity contribution in [1.29, 1.82) is 0 Å². The van der Waals surface area contributed by atoms with E-state index in [9.17, 15) is 0 Å². The molecule has 2 aromatic rings. The first-order valence-electron chi connectivity index (χ1n) is 4.77. The Morgan fingerprint density at radius 2 is 2.19 bits per heavy atom. The molecule has 3 nitrogen and oxygen atoms in total. The van der Waals surface area contributed by atoms with Crippen molar-refractivity contribution in [3.05, 3.63) is 53.4 Å². The fourth-order valence-corrected chi connectivity index (χ4v) is 2.05. The molecule has 0 fully saturated rings. The minimum absolute atomic E-state index is 0.0199. The van der Waals surface area contributed by atoms with Gasteiger partial charge in [0, 0.05) is 22.5 Å². The molecule has 83 valence electrons. The summed E-state index contributed by atoms with van der Waals surface area (Å²) < 4.78 is 1.72. The monoisotopic (exact) mass is 254 g/mol. The first-order chi connectivity index (χ1) is 7.66. The molecule has 0 saturated heterocycles. The van der Waals surface area contributed by atoms with E-state index in [1.165, 1.54) is 6.33 Å². The van der Waals surface area contributed by atoms with Crippen LogP contribution in [-0.4, -0.2) is 14.8 Å². The van der Waals surface area contributed by atoms with E-state index in [0.29, 0.717) is 16.6 Å². The van der Waals surface area contributed by atoms with Crippen LogP contribution in [0.3, 0.4) is 0 Å². The van der Waals surface area contributed by atoms with E-state index in [1.807, 2.05) is 12.1 Å². The Morgan fingerprint density at radius 3 is 2.81 bits per heavy atom. The predicted molar refractivity (Wildman–Crippen MR) is 64.6 cm³/mol. The molecule has 5 heteroatoms. The topological polar surface area (TPSA) is 30.7 Å². The number of nitrogens with zero attached hydrogens (tertiary/aromatic N) is 3. The Bertz CT molecular complexity index is 468. The van der Waals surface area contributed by atoms with Gasteiger partial charge in [0.2, 0.25) is 0 Å². The number of benzene rings is 1. The van der Waals surface area contributed by atoms with Crippen LogP contribution in [0.4, 0.5) is 0 Å². The zero-order chi connectivity index (χ0) is 11.5. The molecule has 1 radical (unpaired) electrons. The summed E-state index contributed by atoms with van der Waals surface area (Å²) >= 11 is 11.9. The third kappa shape index (κ3) is 2.54. The van der Waals surface area contributed by atoms with Crippen LogP contribution in [0.15, 0.2) is 30.9 Å². The van der Waals surface area contributed by atoms with E-state index >= 15 is 0 Å². The van der Waals surface area contributed by atoms with Gasteiger partial charge in [-0.05, 0) is 24.6 Å². The summed E-state index contributed by atoms with van der Waals surface area (Å²) in [6.07, 6.45) is 3.15. The minimum atomic E-state index is 0.0199. The van der Waals surface area contributed by atoms with E-state index in [0.717, 1.165) is 5.56 Å². The van der Waals surface area contributed by atoms with Gasteiger partial charge in [-0.2, -0.15) is 5.10 Å². The van der Waals surface area contributed by atoms with Crippen LogP contribution in [0.1, 0.15) is 11.5 Å². The third-order valence-electron chi connectivity index (χ3n) is 2.28. The average Bonchev–Trinajstić information content (AvgIpc) is 2.70. The van der Waals surface area contributed by atoms with Crippen LogP contribution in [0.5, 0.6) is 0 Å². The second-order valence-electron chi connectivity index (χ2n) is 3.48. The van der Waals surface area contributed by atoms with Crippen LogP contribution in [-0.2, 0) is 6.54 Å². The van der Waals surface area contributed by atoms with Crippen molar-refractivity contribution < 1.29 is 0 Å². The number of hydrogen-bond donors (Lipinski definition) is 0. The lowest BCUT2D eigenvalue weighted by molar-refractivity contribution is 0.570. The zero-order valence-corrected chi connectivity index (χ0v) is 9.99. The molecular weight excluding hydrogens is 245 g/mol. The molecule has 0 aliphatic carbocycles. The first-order valence-corrected chi connectivity index (χ1v) is 5.53. The number of rotatable bonds is 3. The summed E-state index contributed by atoms with van der Waals surface area (Å²) in [4.78, 5) is 3.88. The van der Waals surface area contributed by atoms with Crippen LogP contribution < -0.4 is 0 Å². The van der Waals surface area contributed by atoms with E-state index in [2.05, 4.69) is 17.0 Å². The van der Waals surface area contributed by atoms with Gasteiger partial charge in [-0.3, -0.25) is 4.68 Å². The van der Waals surface area contributed by atoms with E-state index in [1.54, 1.807) is 17.1 Å². The van der Waals surface area contributed by atoms with Gasteiger partial charge in [0.25, 0.3) is 0 Å². The third-order valence-corrected chi connectivity index (χ3v) is 2.84. The van der Waals surface area contributed by atoms with Gasteiger partial charge in [-0.1, -0.05) is 29.3 Å². The molecule has 1 atom stereocenters. The number of halogens is 2. The zero-order valence-electron chi connectivity index (χ0n) is 8.48. The molecule has 0 saturated carbocycles. The molecule has 0 aliphatic heterocycles. The average molecular weight is 255 g/mol. The van der Waals surface area contributed by atoms with Crippen LogP contribution in [0.25, 0.3) is 0 Å². The van der Waals surface area contributed by atoms with Gasteiger partial charge in [0.1, 0.15) is 12.7 Å². The highest BCUT2D eigenvalue weighted by atomic mass is 35.5. The molecule has 1 unspecified atom stereocenters. The highest BCUT2D eigenvalue weighted by Gasteiger charge is 2.11. The molecular formula is C11H10Cl2N3. The Kier molecular flexibility index (Phi) is 3.46. The molecule has 16 heavy (non-hydrogen) atoms. The van der Waals surface area contributed by atoms with Crippen LogP contribution in [0, 0.1) is 6.92 Å². The largest absolute Gasteiger partial charge is 0.252 e. The van der Waals surface area contributed by atoms with Crippen molar-refractivity contribution in [3.8, 4) is 0 Å². The normalized spacial score (nSPS) is 12.7. The molecule has 0 N–H and O–H groups in total. The van der Waals surface area contributed by atoms with E-state index in [-0.39, 0.29) is 5.92 Å². The Balaban J connectivity index is 2.17. The molecule has 1 heterocycles. The van der Waals surface area contributed by atoms with Crippen LogP contribution >= 0.6 is 23.2 Å². The number of hydrogen-bond acceptors (Lipinski definition) is 2. The highest BCUT2D eigenvalue weighted by Crippen LogP contribution is 2.27. The number of aromatic nitrogens is 3. The van der Waals surface area contributed by atoms with E-state index < -0.39 is 0 Å². The maximum Gasteiger partial charge on any atom is 0.137 e. The van der Waals surface area contributed by atoms with E-state index in [4.69, 9.17) is 23.2 Å². The fourth-order valence-electron chi connectivity index (χ4n) is 1.48. The fraction of sp³-hybridized carbons (Fsp3) is 0.182. The summed E-state index contributed by atoms with van der Waals surface area (Å²) in [6, 6.07) is 5.42. The van der Waals surface area contributed by atoms with Gasteiger partial charge in [-0.25, -0.2) is 4.98 Å². The standard InChI is InChI=1S/C11H10Cl2N3/c1-8(5-16-7-14-6-15-16)10-3-2-9(12)4-11(10)13/h2-4,6-8H,1,5H2. The molecule has 1 aromatic carbocycles. The van der Waals surface area contributed by atoms with Gasteiger partial charge in [0.15, 0.2) is 0 Å². The summed E-state index contributed by atoms with van der Waals surface area (Å²) in [5.41, 5.74) is 0.960. The van der Waals surface area contributed by atoms with Gasteiger partial charge in [0.05, 0.1) is 0 Å². The molecule has 1 aromatic heterocycles.